The SMILES string of the molecule is O=C(Nc1ccc(-c2cc(NCc3ccc(Cl)cc3Cl)n3nccc3n2)cc1)C1CCCO1. The smallest absolute Gasteiger partial charge is 0.253 e. The molecule has 2 aromatic carbocycles. The highest BCUT2D eigenvalue weighted by atomic mass is 35.5. The third-order valence-electron chi connectivity index (χ3n) is 5.50. The molecule has 9 heteroatoms. The molecule has 1 unspecified atom stereocenters. The molecule has 0 spiro atoms. The van der Waals surface area contributed by atoms with Crippen molar-refractivity contribution in [1.29, 1.82) is 0 Å². The summed E-state index contributed by atoms with van der Waals surface area (Å²) in [4.78, 5) is 17.0. The Labute approximate surface area is 200 Å². The molecule has 0 radical (unpaired) electrons. The van der Waals surface area contributed by atoms with E-state index in [9.17, 15) is 4.79 Å². The van der Waals surface area contributed by atoms with Gasteiger partial charge < -0.3 is 15.4 Å². The average Bonchev–Trinajstić information content (AvgIpc) is 3.51. The van der Waals surface area contributed by atoms with Gasteiger partial charge in [0.15, 0.2) is 5.65 Å². The molecule has 3 heterocycles. The summed E-state index contributed by atoms with van der Waals surface area (Å²) in [6, 6.07) is 16.8. The monoisotopic (exact) mass is 481 g/mol. The van der Waals surface area contributed by atoms with Gasteiger partial charge in [-0.2, -0.15) is 9.61 Å². The Morgan fingerprint density at radius 2 is 1.97 bits per heavy atom. The molecular formula is C24H21Cl2N5O2. The van der Waals surface area contributed by atoms with Crippen molar-refractivity contribution in [3.8, 4) is 11.3 Å². The molecule has 0 saturated carbocycles. The first-order valence-corrected chi connectivity index (χ1v) is 11.4. The van der Waals surface area contributed by atoms with Gasteiger partial charge >= 0.3 is 0 Å². The summed E-state index contributed by atoms with van der Waals surface area (Å²) in [7, 11) is 0. The fourth-order valence-corrected chi connectivity index (χ4v) is 4.24. The van der Waals surface area contributed by atoms with Crippen LogP contribution in [0.2, 0.25) is 10.0 Å². The van der Waals surface area contributed by atoms with Gasteiger partial charge in [0.2, 0.25) is 0 Å². The van der Waals surface area contributed by atoms with E-state index in [1.165, 1.54) is 0 Å². The molecule has 33 heavy (non-hydrogen) atoms. The third-order valence-corrected chi connectivity index (χ3v) is 6.09. The predicted molar refractivity (Wildman–Crippen MR) is 130 cm³/mol. The van der Waals surface area contributed by atoms with Gasteiger partial charge in [0, 0.05) is 46.6 Å². The Hall–Kier alpha value is -3.13. The second-order valence-corrected chi connectivity index (χ2v) is 8.63. The van der Waals surface area contributed by atoms with Gasteiger partial charge in [0.1, 0.15) is 11.9 Å². The topological polar surface area (TPSA) is 80.6 Å². The standard InChI is InChI=1S/C24H21Cl2N5O2/c25-17-6-3-16(19(26)12-17)14-27-23-13-20(30-22-9-10-28-31(22)23)15-4-7-18(8-5-15)29-24(32)21-2-1-11-33-21/h3-10,12-13,21,27H,1-2,11,14H2,(H,29,32). The Morgan fingerprint density at radius 1 is 1.12 bits per heavy atom. The lowest BCUT2D eigenvalue weighted by atomic mass is 10.1. The average molecular weight is 482 g/mol. The van der Waals surface area contributed by atoms with Crippen molar-refractivity contribution in [2.24, 2.45) is 0 Å². The summed E-state index contributed by atoms with van der Waals surface area (Å²) in [5, 5.41) is 11.9. The fourth-order valence-electron chi connectivity index (χ4n) is 3.77. The van der Waals surface area contributed by atoms with E-state index in [0.717, 1.165) is 41.2 Å². The van der Waals surface area contributed by atoms with Gasteiger partial charge in [-0.05, 0) is 42.7 Å². The number of hydrogen-bond donors (Lipinski definition) is 2. The summed E-state index contributed by atoms with van der Waals surface area (Å²) in [6.45, 7) is 1.14. The quantitative estimate of drug-likeness (QED) is 0.383. The first kappa shape index (κ1) is 21.7. The van der Waals surface area contributed by atoms with Crippen LogP contribution in [0.1, 0.15) is 18.4 Å². The molecule has 0 aliphatic carbocycles. The van der Waals surface area contributed by atoms with Crippen molar-refractivity contribution in [2.75, 3.05) is 17.2 Å². The first-order chi connectivity index (χ1) is 16.1. The van der Waals surface area contributed by atoms with Crippen LogP contribution in [0.4, 0.5) is 11.5 Å². The molecule has 2 N–H and O–H groups in total. The number of anilines is 2. The van der Waals surface area contributed by atoms with Crippen molar-refractivity contribution in [2.45, 2.75) is 25.5 Å². The molecule has 4 aromatic rings. The van der Waals surface area contributed by atoms with E-state index >= 15 is 0 Å². The Balaban J connectivity index is 1.36. The van der Waals surface area contributed by atoms with Crippen LogP contribution in [0.5, 0.6) is 0 Å². The fraction of sp³-hybridized carbons (Fsp3) is 0.208. The Morgan fingerprint density at radius 3 is 2.73 bits per heavy atom. The van der Waals surface area contributed by atoms with Crippen LogP contribution in [0.25, 0.3) is 16.9 Å². The summed E-state index contributed by atoms with van der Waals surface area (Å²) in [5.41, 5.74) is 4.06. The first-order valence-electron chi connectivity index (χ1n) is 10.6. The van der Waals surface area contributed by atoms with E-state index in [1.54, 1.807) is 16.8 Å². The zero-order valence-corrected chi connectivity index (χ0v) is 19.1. The minimum absolute atomic E-state index is 0.105. The molecule has 1 atom stereocenters. The molecule has 168 valence electrons. The van der Waals surface area contributed by atoms with Crippen LogP contribution in [0, 0.1) is 0 Å². The van der Waals surface area contributed by atoms with Crippen LogP contribution in [-0.2, 0) is 16.1 Å². The normalized spacial score (nSPS) is 15.6. The van der Waals surface area contributed by atoms with Crippen molar-refractivity contribution in [3.05, 3.63) is 76.4 Å². The molecule has 1 aliphatic heterocycles. The number of benzene rings is 2. The highest BCUT2D eigenvalue weighted by Gasteiger charge is 2.23. The zero-order valence-electron chi connectivity index (χ0n) is 17.6. The number of ether oxygens (including phenoxy) is 1. The van der Waals surface area contributed by atoms with Crippen LogP contribution in [0.15, 0.2) is 60.8 Å². The van der Waals surface area contributed by atoms with Crippen LogP contribution in [0.3, 0.4) is 0 Å². The number of nitrogens with one attached hydrogen (secondary N) is 2. The minimum atomic E-state index is -0.363. The van der Waals surface area contributed by atoms with Crippen LogP contribution >= 0.6 is 23.2 Å². The maximum atomic E-state index is 12.3. The summed E-state index contributed by atoms with van der Waals surface area (Å²) >= 11 is 12.3. The highest BCUT2D eigenvalue weighted by molar-refractivity contribution is 6.35. The zero-order chi connectivity index (χ0) is 22.8. The van der Waals surface area contributed by atoms with E-state index in [-0.39, 0.29) is 12.0 Å². The largest absolute Gasteiger partial charge is 0.368 e. The van der Waals surface area contributed by atoms with Crippen molar-refractivity contribution >= 4 is 46.3 Å². The molecule has 1 fully saturated rings. The van der Waals surface area contributed by atoms with Gasteiger partial charge in [-0.25, -0.2) is 4.98 Å². The summed E-state index contributed by atoms with van der Waals surface area (Å²) in [5.74, 6) is 0.674. The van der Waals surface area contributed by atoms with E-state index in [4.69, 9.17) is 32.9 Å². The second-order valence-electron chi connectivity index (χ2n) is 7.79. The molecule has 5 rings (SSSR count). The minimum Gasteiger partial charge on any atom is -0.368 e. The summed E-state index contributed by atoms with van der Waals surface area (Å²) in [6.07, 6.45) is 3.02. The lowest BCUT2D eigenvalue weighted by molar-refractivity contribution is -0.124. The van der Waals surface area contributed by atoms with Crippen molar-refractivity contribution < 1.29 is 9.53 Å². The van der Waals surface area contributed by atoms with E-state index in [2.05, 4.69) is 15.7 Å². The maximum Gasteiger partial charge on any atom is 0.253 e. The van der Waals surface area contributed by atoms with Gasteiger partial charge in [0.05, 0.1) is 11.9 Å². The third kappa shape index (κ3) is 4.80. The molecule has 2 aromatic heterocycles. The predicted octanol–water partition coefficient (Wildman–Crippen LogP) is 5.43. The summed E-state index contributed by atoms with van der Waals surface area (Å²) < 4.78 is 7.18. The highest BCUT2D eigenvalue weighted by Crippen LogP contribution is 2.26. The Kier molecular flexibility index (Phi) is 6.17. The van der Waals surface area contributed by atoms with Gasteiger partial charge in [0.25, 0.3) is 5.91 Å². The van der Waals surface area contributed by atoms with Gasteiger partial charge in [-0.1, -0.05) is 41.4 Å². The van der Waals surface area contributed by atoms with Crippen LogP contribution in [-0.4, -0.2) is 33.2 Å². The van der Waals surface area contributed by atoms with Crippen molar-refractivity contribution in [3.63, 3.8) is 0 Å². The molecular weight excluding hydrogens is 461 g/mol. The molecule has 7 nitrogen and oxygen atoms in total. The Bertz CT molecular complexity index is 1300. The van der Waals surface area contributed by atoms with Crippen molar-refractivity contribution in [1.82, 2.24) is 14.6 Å². The van der Waals surface area contributed by atoms with Crippen LogP contribution < -0.4 is 10.6 Å². The number of aromatic nitrogens is 3. The second kappa shape index (κ2) is 9.39. The van der Waals surface area contributed by atoms with E-state index in [0.29, 0.717) is 28.8 Å². The lowest BCUT2D eigenvalue weighted by Crippen LogP contribution is -2.26. The number of fused-ring (bicyclic) bond motifs is 1. The molecule has 1 saturated heterocycles. The molecule has 1 aliphatic rings. The number of rotatable bonds is 6. The number of nitrogens with zero attached hydrogens (tertiary/aromatic N) is 3. The number of halogens is 2. The number of carbonyl (C=O) groups excluding carboxylic acids is 1. The van der Waals surface area contributed by atoms with Gasteiger partial charge in [-0.15, -0.1) is 0 Å². The van der Waals surface area contributed by atoms with Gasteiger partial charge in [-0.3, -0.25) is 4.79 Å². The van der Waals surface area contributed by atoms with E-state index < -0.39 is 0 Å². The maximum absolute atomic E-state index is 12.3. The molecule has 0 bridgehead atoms. The lowest BCUT2D eigenvalue weighted by Gasteiger charge is -2.13. The number of amides is 1. The molecule has 1 amide bonds. The van der Waals surface area contributed by atoms with E-state index in [1.807, 2.05) is 48.5 Å². The number of carbonyl (C=O) groups is 1. The number of hydrogen-bond acceptors (Lipinski definition) is 5.